The van der Waals surface area contributed by atoms with Crippen LogP contribution in [0.3, 0.4) is 0 Å². The zero-order valence-electron chi connectivity index (χ0n) is 11.7. The largest absolute Gasteiger partial charge is 0.377 e. The summed E-state index contributed by atoms with van der Waals surface area (Å²) in [5.74, 6) is 0. The highest BCUT2D eigenvalue weighted by Crippen LogP contribution is 2.27. The van der Waals surface area contributed by atoms with Gasteiger partial charge in [0.2, 0.25) is 0 Å². The standard InChI is InChI=1S/C13H23N3OS/c1-9(2)14-7-12-8-17-6-5-16(12)13-15-10(3)11(4)18-13/h9,12,14H,5-8H2,1-4H3. The summed E-state index contributed by atoms with van der Waals surface area (Å²) < 4.78 is 5.60. The molecule has 0 amide bonds. The Balaban J connectivity index is 2.07. The first-order valence-electron chi connectivity index (χ1n) is 6.59. The molecule has 1 aliphatic heterocycles. The van der Waals surface area contributed by atoms with Crippen LogP contribution in [0.5, 0.6) is 0 Å². The number of thiazole rings is 1. The molecule has 0 aromatic carbocycles. The molecule has 2 rings (SSSR count). The molecule has 1 aromatic rings. The third-order valence-corrected chi connectivity index (χ3v) is 4.36. The molecule has 0 spiro atoms. The quantitative estimate of drug-likeness (QED) is 0.907. The third-order valence-electron chi connectivity index (χ3n) is 3.25. The van der Waals surface area contributed by atoms with Crippen molar-refractivity contribution in [3.63, 3.8) is 0 Å². The highest BCUT2D eigenvalue weighted by Gasteiger charge is 2.25. The van der Waals surface area contributed by atoms with Gasteiger partial charge in [-0.05, 0) is 13.8 Å². The Morgan fingerprint density at radius 3 is 2.89 bits per heavy atom. The lowest BCUT2D eigenvalue weighted by Crippen LogP contribution is -2.51. The van der Waals surface area contributed by atoms with Crippen molar-refractivity contribution in [2.45, 2.75) is 39.8 Å². The summed E-state index contributed by atoms with van der Waals surface area (Å²) in [5.41, 5.74) is 1.15. The highest BCUT2D eigenvalue weighted by molar-refractivity contribution is 7.15. The van der Waals surface area contributed by atoms with Gasteiger partial charge in [-0.1, -0.05) is 13.8 Å². The summed E-state index contributed by atoms with van der Waals surface area (Å²) in [4.78, 5) is 8.38. The van der Waals surface area contributed by atoms with Crippen molar-refractivity contribution in [3.05, 3.63) is 10.6 Å². The van der Waals surface area contributed by atoms with E-state index in [1.807, 2.05) is 0 Å². The fraction of sp³-hybridized carbons (Fsp3) is 0.769. The molecular weight excluding hydrogens is 246 g/mol. The summed E-state index contributed by atoms with van der Waals surface area (Å²) in [6.07, 6.45) is 0. The number of ether oxygens (including phenoxy) is 1. The molecular formula is C13H23N3OS. The minimum Gasteiger partial charge on any atom is -0.377 e. The van der Waals surface area contributed by atoms with Crippen molar-refractivity contribution in [2.75, 3.05) is 31.2 Å². The van der Waals surface area contributed by atoms with Gasteiger partial charge in [-0.2, -0.15) is 0 Å². The second-order valence-electron chi connectivity index (χ2n) is 5.12. The van der Waals surface area contributed by atoms with E-state index >= 15 is 0 Å². The van der Waals surface area contributed by atoms with Crippen LogP contribution >= 0.6 is 11.3 Å². The molecule has 0 aliphatic carbocycles. The monoisotopic (exact) mass is 269 g/mol. The van der Waals surface area contributed by atoms with Gasteiger partial charge in [-0.15, -0.1) is 11.3 Å². The molecule has 1 fully saturated rings. The molecule has 1 aliphatic rings. The Morgan fingerprint density at radius 2 is 2.28 bits per heavy atom. The lowest BCUT2D eigenvalue weighted by molar-refractivity contribution is 0.0931. The second kappa shape index (κ2) is 5.99. The topological polar surface area (TPSA) is 37.4 Å². The second-order valence-corrected chi connectivity index (χ2v) is 6.30. The number of anilines is 1. The number of nitrogens with zero attached hydrogens (tertiary/aromatic N) is 2. The summed E-state index contributed by atoms with van der Waals surface area (Å²) in [5, 5.41) is 4.63. The van der Waals surface area contributed by atoms with Crippen molar-refractivity contribution >= 4 is 16.5 Å². The molecule has 0 saturated carbocycles. The number of hydrogen-bond acceptors (Lipinski definition) is 5. The van der Waals surface area contributed by atoms with Gasteiger partial charge < -0.3 is 15.0 Å². The van der Waals surface area contributed by atoms with Gasteiger partial charge >= 0.3 is 0 Å². The van der Waals surface area contributed by atoms with Crippen LogP contribution in [-0.2, 0) is 4.74 Å². The van der Waals surface area contributed by atoms with Crippen LogP contribution in [-0.4, -0.2) is 43.4 Å². The minimum atomic E-state index is 0.395. The molecule has 18 heavy (non-hydrogen) atoms. The van der Waals surface area contributed by atoms with E-state index in [9.17, 15) is 0 Å². The first kappa shape index (κ1) is 13.8. The first-order valence-corrected chi connectivity index (χ1v) is 7.41. The summed E-state index contributed by atoms with van der Waals surface area (Å²) in [7, 11) is 0. The van der Waals surface area contributed by atoms with Gasteiger partial charge in [-0.3, -0.25) is 0 Å². The number of hydrogen-bond donors (Lipinski definition) is 1. The fourth-order valence-electron chi connectivity index (χ4n) is 2.03. The SMILES string of the molecule is Cc1nc(N2CCOCC2CNC(C)C)sc1C. The predicted molar refractivity (Wildman–Crippen MR) is 76.7 cm³/mol. The molecule has 1 aromatic heterocycles. The molecule has 0 bridgehead atoms. The van der Waals surface area contributed by atoms with Gasteiger partial charge in [0.15, 0.2) is 5.13 Å². The van der Waals surface area contributed by atoms with E-state index in [4.69, 9.17) is 4.74 Å². The fourth-order valence-corrected chi connectivity index (χ4v) is 3.03. The van der Waals surface area contributed by atoms with Crippen molar-refractivity contribution in [2.24, 2.45) is 0 Å². The van der Waals surface area contributed by atoms with Crippen molar-refractivity contribution < 1.29 is 4.74 Å². The van der Waals surface area contributed by atoms with Crippen LogP contribution in [0.25, 0.3) is 0 Å². The number of aromatic nitrogens is 1. The Labute approximate surface area is 113 Å². The third kappa shape index (κ3) is 3.22. The smallest absolute Gasteiger partial charge is 0.186 e. The maximum Gasteiger partial charge on any atom is 0.186 e. The van der Waals surface area contributed by atoms with Gasteiger partial charge in [0.1, 0.15) is 0 Å². The van der Waals surface area contributed by atoms with Gasteiger partial charge in [0.25, 0.3) is 0 Å². The molecule has 102 valence electrons. The molecule has 0 radical (unpaired) electrons. The van der Waals surface area contributed by atoms with Crippen LogP contribution < -0.4 is 10.2 Å². The highest BCUT2D eigenvalue weighted by atomic mass is 32.1. The van der Waals surface area contributed by atoms with Crippen LogP contribution in [0.2, 0.25) is 0 Å². The molecule has 5 heteroatoms. The number of morpholine rings is 1. The van der Waals surface area contributed by atoms with E-state index in [1.165, 1.54) is 4.88 Å². The molecule has 1 N–H and O–H groups in total. The van der Waals surface area contributed by atoms with E-state index in [-0.39, 0.29) is 0 Å². The zero-order valence-corrected chi connectivity index (χ0v) is 12.5. The molecule has 1 saturated heterocycles. The van der Waals surface area contributed by atoms with E-state index in [1.54, 1.807) is 11.3 Å². The lowest BCUT2D eigenvalue weighted by Gasteiger charge is -2.36. The normalized spacial score (nSPS) is 20.7. The van der Waals surface area contributed by atoms with Gasteiger partial charge in [-0.25, -0.2) is 4.98 Å². The van der Waals surface area contributed by atoms with Crippen LogP contribution in [0, 0.1) is 13.8 Å². The average molecular weight is 269 g/mol. The zero-order chi connectivity index (χ0) is 13.1. The van der Waals surface area contributed by atoms with E-state index in [0.29, 0.717) is 12.1 Å². The van der Waals surface area contributed by atoms with Crippen LogP contribution in [0.4, 0.5) is 5.13 Å². The Kier molecular flexibility index (Phi) is 4.59. The molecule has 4 nitrogen and oxygen atoms in total. The van der Waals surface area contributed by atoms with Gasteiger partial charge in [0.05, 0.1) is 24.9 Å². The summed E-state index contributed by atoms with van der Waals surface area (Å²) in [6, 6.07) is 0.902. The maximum atomic E-state index is 5.60. The molecule has 1 unspecified atom stereocenters. The van der Waals surface area contributed by atoms with Crippen molar-refractivity contribution in [1.82, 2.24) is 10.3 Å². The number of nitrogens with one attached hydrogen (secondary N) is 1. The van der Waals surface area contributed by atoms with E-state index in [0.717, 1.165) is 37.1 Å². The van der Waals surface area contributed by atoms with Crippen molar-refractivity contribution in [3.8, 4) is 0 Å². The minimum absolute atomic E-state index is 0.395. The Morgan fingerprint density at radius 1 is 1.50 bits per heavy atom. The average Bonchev–Trinajstić information content (AvgIpc) is 2.67. The summed E-state index contributed by atoms with van der Waals surface area (Å²) >= 11 is 1.79. The molecule has 1 atom stereocenters. The summed E-state index contributed by atoms with van der Waals surface area (Å²) in [6.45, 7) is 12.0. The van der Waals surface area contributed by atoms with Crippen LogP contribution in [0.1, 0.15) is 24.4 Å². The van der Waals surface area contributed by atoms with Crippen LogP contribution in [0.15, 0.2) is 0 Å². The maximum absolute atomic E-state index is 5.60. The van der Waals surface area contributed by atoms with Crippen molar-refractivity contribution in [1.29, 1.82) is 0 Å². The Hall–Kier alpha value is -0.650. The number of rotatable bonds is 4. The predicted octanol–water partition coefficient (Wildman–Crippen LogP) is 1.96. The lowest BCUT2D eigenvalue weighted by atomic mass is 10.2. The van der Waals surface area contributed by atoms with E-state index in [2.05, 4.69) is 42.9 Å². The Bertz CT molecular complexity index is 372. The number of aryl methyl sites for hydroxylation is 2. The molecule has 2 heterocycles. The van der Waals surface area contributed by atoms with E-state index < -0.39 is 0 Å². The first-order chi connectivity index (χ1) is 8.58. The van der Waals surface area contributed by atoms with Gasteiger partial charge in [0, 0.05) is 24.0 Å².